The lowest BCUT2D eigenvalue weighted by atomic mass is 10.6. The lowest BCUT2D eigenvalue weighted by Crippen LogP contribution is -1.76. The van der Waals surface area contributed by atoms with Crippen molar-refractivity contribution in [2.24, 2.45) is 0 Å². The van der Waals surface area contributed by atoms with Gasteiger partial charge in [0, 0.05) is 0 Å². The Morgan fingerprint density at radius 1 is 1.18 bits per heavy atom. The van der Waals surface area contributed by atoms with E-state index in [0.29, 0.717) is 0 Å². The van der Waals surface area contributed by atoms with Crippen LogP contribution < -0.4 is 0 Å². The molecule has 2 rings (SSSR count). The largest absolute Gasteiger partial charge is 0.329 e. The summed E-state index contributed by atoms with van der Waals surface area (Å²) in [4.78, 5) is 14.5. The smallest absolute Gasteiger partial charge is 0.160 e. The predicted molar refractivity (Wildman–Crippen MR) is 46.2 cm³/mol. The number of rotatable bonds is 0. The summed E-state index contributed by atoms with van der Waals surface area (Å²) < 4.78 is 0. The molecule has 0 saturated heterocycles. The molecule has 11 heavy (non-hydrogen) atoms. The van der Waals surface area contributed by atoms with Crippen LogP contribution in [0.2, 0.25) is 0 Å². The van der Waals surface area contributed by atoms with Crippen LogP contribution in [0.1, 0.15) is 0 Å². The lowest BCUT2D eigenvalue weighted by Gasteiger charge is -1.80. The van der Waals surface area contributed by atoms with E-state index in [1.165, 1.54) is 6.33 Å². The fourth-order valence-corrected chi connectivity index (χ4v) is 0.691. The van der Waals surface area contributed by atoms with E-state index in [2.05, 4.69) is 19.9 Å². The summed E-state index contributed by atoms with van der Waals surface area (Å²) in [5.74, 6) is 0. The maximum absolute atomic E-state index is 3.94. The second kappa shape index (κ2) is 4.10. The lowest BCUT2D eigenvalue weighted by molar-refractivity contribution is 1.20. The molecule has 2 heterocycles. The molecule has 0 saturated carbocycles. The average molecular weight is 193 g/mol. The SMILES string of the molecule is Cl.Cl.c1ncc2nc[nH]c2n1. The van der Waals surface area contributed by atoms with E-state index < -0.39 is 0 Å². The van der Waals surface area contributed by atoms with Crippen molar-refractivity contribution in [1.29, 1.82) is 0 Å². The van der Waals surface area contributed by atoms with E-state index in [1.54, 1.807) is 12.5 Å². The molecule has 0 amide bonds. The van der Waals surface area contributed by atoms with Crippen LogP contribution in [0.4, 0.5) is 0 Å². The van der Waals surface area contributed by atoms with E-state index in [1.807, 2.05) is 0 Å². The number of hydrogen-bond donors (Lipinski definition) is 1. The van der Waals surface area contributed by atoms with Gasteiger partial charge in [0.15, 0.2) is 5.65 Å². The van der Waals surface area contributed by atoms with Crippen molar-refractivity contribution in [2.75, 3.05) is 0 Å². The standard InChI is InChI=1S/C5H4N4.2ClH/c1-4-5(8-2-6-1)9-3-7-4;;/h1-3H,(H,6,7,8,9);2*1H. The molecule has 0 atom stereocenters. The first-order valence-electron chi connectivity index (χ1n) is 2.56. The molecule has 0 radical (unpaired) electrons. The summed E-state index contributed by atoms with van der Waals surface area (Å²) in [6, 6.07) is 0. The van der Waals surface area contributed by atoms with Crippen molar-refractivity contribution >= 4 is 36.0 Å². The van der Waals surface area contributed by atoms with Crippen molar-refractivity contribution in [3.05, 3.63) is 18.9 Å². The van der Waals surface area contributed by atoms with Gasteiger partial charge in [0.05, 0.1) is 12.5 Å². The molecule has 4 nitrogen and oxygen atoms in total. The summed E-state index contributed by atoms with van der Waals surface area (Å²) in [6.07, 6.45) is 4.75. The van der Waals surface area contributed by atoms with E-state index in [4.69, 9.17) is 0 Å². The summed E-state index contributed by atoms with van der Waals surface area (Å²) in [7, 11) is 0. The number of imidazole rings is 1. The van der Waals surface area contributed by atoms with Gasteiger partial charge in [-0.2, -0.15) is 0 Å². The first-order chi connectivity index (χ1) is 4.47. The van der Waals surface area contributed by atoms with Gasteiger partial charge >= 0.3 is 0 Å². The van der Waals surface area contributed by atoms with Gasteiger partial charge in [-0.15, -0.1) is 24.8 Å². The van der Waals surface area contributed by atoms with Crippen molar-refractivity contribution in [3.8, 4) is 0 Å². The Hall–Kier alpha value is -0.870. The monoisotopic (exact) mass is 192 g/mol. The van der Waals surface area contributed by atoms with Gasteiger partial charge in [0.2, 0.25) is 0 Å². The number of aromatic amines is 1. The molecular formula is C5H6Cl2N4. The van der Waals surface area contributed by atoms with E-state index in [9.17, 15) is 0 Å². The molecule has 0 aliphatic rings. The van der Waals surface area contributed by atoms with Crippen LogP contribution in [0.25, 0.3) is 11.2 Å². The zero-order chi connectivity index (χ0) is 6.10. The van der Waals surface area contributed by atoms with E-state index >= 15 is 0 Å². The summed E-state index contributed by atoms with van der Waals surface area (Å²) in [5, 5.41) is 0. The second-order valence-corrected chi connectivity index (χ2v) is 1.66. The Morgan fingerprint density at radius 2 is 2.00 bits per heavy atom. The van der Waals surface area contributed by atoms with Crippen molar-refractivity contribution in [2.45, 2.75) is 0 Å². The third kappa shape index (κ3) is 1.78. The predicted octanol–water partition coefficient (Wildman–Crippen LogP) is 1.20. The average Bonchev–Trinajstić information content (AvgIpc) is 2.33. The molecular weight excluding hydrogens is 187 g/mol. The highest BCUT2D eigenvalue weighted by atomic mass is 35.5. The fourth-order valence-electron chi connectivity index (χ4n) is 0.691. The molecule has 0 bridgehead atoms. The molecule has 0 spiro atoms. The molecule has 0 aliphatic heterocycles. The Kier molecular flexibility index (Phi) is 3.78. The van der Waals surface area contributed by atoms with Crippen molar-refractivity contribution in [3.63, 3.8) is 0 Å². The third-order valence-corrected chi connectivity index (χ3v) is 1.10. The number of nitrogens with zero attached hydrogens (tertiary/aromatic N) is 3. The van der Waals surface area contributed by atoms with Gasteiger partial charge < -0.3 is 4.98 Å². The minimum absolute atomic E-state index is 0. The van der Waals surface area contributed by atoms with Crippen LogP contribution >= 0.6 is 24.8 Å². The Bertz CT molecular complexity index is 290. The van der Waals surface area contributed by atoms with Gasteiger partial charge in [0.25, 0.3) is 0 Å². The minimum Gasteiger partial charge on any atom is -0.329 e. The first-order valence-corrected chi connectivity index (χ1v) is 2.56. The molecule has 0 unspecified atom stereocenters. The molecule has 1 N–H and O–H groups in total. The number of H-pyrrole nitrogens is 1. The number of hydrogen-bond acceptors (Lipinski definition) is 3. The van der Waals surface area contributed by atoms with Crippen LogP contribution in [0.15, 0.2) is 18.9 Å². The zero-order valence-electron chi connectivity index (χ0n) is 5.39. The molecule has 6 heteroatoms. The highest BCUT2D eigenvalue weighted by molar-refractivity contribution is 5.85. The maximum atomic E-state index is 3.94. The molecule has 0 fully saturated rings. The third-order valence-electron chi connectivity index (χ3n) is 1.10. The Balaban J connectivity index is 0.000000500. The zero-order valence-corrected chi connectivity index (χ0v) is 7.02. The summed E-state index contributed by atoms with van der Waals surface area (Å²) in [5.41, 5.74) is 1.59. The van der Waals surface area contributed by atoms with Gasteiger partial charge in [0.1, 0.15) is 11.8 Å². The number of halogens is 2. The topological polar surface area (TPSA) is 54.5 Å². The second-order valence-electron chi connectivity index (χ2n) is 1.66. The summed E-state index contributed by atoms with van der Waals surface area (Å²) >= 11 is 0. The van der Waals surface area contributed by atoms with Gasteiger partial charge in [-0.1, -0.05) is 0 Å². The molecule has 0 aromatic carbocycles. The molecule has 60 valence electrons. The van der Waals surface area contributed by atoms with Crippen molar-refractivity contribution < 1.29 is 0 Å². The highest BCUT2D eigenvalue weighted by Crippen LogP contribution is 1.99. The fraction of sp³-hybridized carbons (Fsp3) is 0. The quantitative estimate of drug-likeness (QED) is 0.683. The van der Waals surface area contributed by atoms with Gasteiger partial charge in [-0.05, 0) is 0 Å². The molecule has 2 aromatic heterocycles. The Morgan fingerprint density at radius 3 is 2.73 bits per heavy atom. The highest BCUT2D eigenvalue weighted by Gasteiger charge is 1.91. The summed E-state index contributed by atoms with van der Waals surface area (Å²) in [6.45, 7) is 0. The molecule has 0 aliphatic carbocycles. The van der Waals surface area contributed by atoms with Crippen LogP contribution in [-0.4, -0.2) is 19.9 Å². The first kappa shape index (κ1) is 10.1. The maximum Gasteiger partial charge on any atom is 0.160 e. The van der Waals surface area contributed by atoms with Crippen LogP contribution in [0, 0.1) is 0 Å². The van der Waals surface area contributed by atoms with Crippen molar-refractivity contribution in [1.82, 2.24) is 19.9 Å². The van der Waals surface area contributed by atoms with Crippen LogP contribution in [0.3, 0.4) is 0 Å². The van der Waals surface area contributed by atoms with Gasteiger partial charge in [-0.25, -0.2) is 15.0 Å². The minimum atomic E-state index is 0. The van der Waals surface area contributed by atoms with Crippen LogP contribution in [-0.2, 0) is 0 Å². The molecule has 2 aromatic rings. The van der Waals surface area contributed by atoms with E-state index in [0.717, 1.165) is 11.2 Å². The number of nitrogens with one attached hydrogen (secondary N) is 1. The van der Waals surface area contributed by atoms with Gasteiger partial charge in [-0.3, -0.25) is 0 Å². The Labute approximate surface area is 75.3 Å². The number of fused-ring (bicyclic) bond motifs is 1. The van der Waals surface area contributed by atoms with Crippen LogP contribution in [0.5, 0.6) is 0 Å². The number of aromatic nitrogens is 4. The van der Waals surface area contributed by atoms with E-state index in [-0.39, 0.29) is 24.8 Å². The normalized spacial score (nSPS) is 8.36.